The van der Waals surface area contributed by atoms with Gasteiger partial charge in [0.25, 0.3) is 10.2 Å². The molecule has 0 radical (unpaired) electrons. The zero-order valence-corrected chi connectivity index (χ0v) is 8.55. The highest BCUT2D eigenvalue weighted by Crippen LogP contribution is 2.29. The molecule has 96 valence electrons. The number of nitrogens with zero attached hydrogens (tertiary/aromatic N) is 2. The van der Waals surface area contributed by atoms with Gasteiger partial charge in [0.05, 0.1) is 5.92 Å². The Morgan fingerprint density at radius 3 is 1.76 bits per heavy atom. The third-order valence-corrected chi connectivity index (χ3v) is 2.44. The van der Waals surface area contributed by atoms with E-state index in [0.717, 1.165) is 0 Å². The molecule has 10 nitrogen and oxygen atoms in total. The normalized spacial score (nSPS) is 28.1. The highest BCUT2D eigenvalue weighted by Gasteiger charge is 2.36. The average Bonchev–Trinajstić information content (AvgIpc) is 2.14. The van der Waals surface area contributed by atoms with Crippen molar-refractivity contribution in [2.45, 2.75) is 31.5 Å². The van der Waals surface area contributed by atoms with Crippen LogP contribution in [-0.4, -0.2) is 33.5 Å². The molecule has 0 bridgehead atoms. The number of carbonyl (C=O) groups is 1. The summed E-state index contributed by atoms with van der Waals surface area (Å²) in [6, 6.07) is 0. The summed E-state index contributed by atoms with van der Waals surface area (Å²) in [6.45, 7) is 0. The Balaban J connectivity index is 2.65. The van der Waals surface area contributed by atoms with Crippen molar-refractivity contribution in [1.82, 2.24) is 0 Å². The van der Waals surface area contributed by atoms with E-state index < -0.39 is 34.3 Å². The van der Waals surface area contributed by atoms with E-state index in [1.807, 2.05) is 0 Å². The highest BCUT2D eigenvalue weighted by atomic mass is 17.0. The molecule has 0 spiro atoms. The topological polar surface area (TPSA) is 142 Å². The van der Waals surface area contributed by atoms with Gasteiger partial charge in [-0.05, 0) is 12.8 Å². The fourth-order valence-electron chi connectivity index (χ4n) is 1.83. The Morgan fingerprint density at radius 2 is 1.47 bits per heavy atom. The van der Waals surface area contributed by atoms with Crippen LogP contribution in [0.5, 0.6) is 0 Å². The van der Waals surface area contributed by atoms with E-state index in [4.69, 9.17) is 5.11 Å². The van der Waals surface area contributed by atoms with Gasteiger partial charge in [-0.25, -0.2) is 0 Å². The van der Waals surface area contributed by atoms with Crippen molar-refractivity contribution in [2.24, 2.45) is 5.92 Å². The molecule has 1 aliphatic rings. The van der Waals surface area contributed by atoms with Gasteiger partial charge in [-0.2, -0.15) is 0 Å². The summed E-state index contributed by atoms with van der Waals surface area (Å²) in [5, 5.41) is 27.0. The van der Waals surface area contributed by atoms with Crippen LogP contribution in [0, 0.1) is 26.1 Å². The van der Waals surface area contributed by atoms with Crippen molar-refractivity contribution >= 4 is 5.97 Å². The first-order valence-corrected chi connectivity index (χ1v) is 4.73. The monoisotopic (exact) mass is 250 g/mol. The first-order valence-electron chi connectivity index (χ1n) is 4.73. The van der Waals surface area contributed by atoms with Gasteiger partial charge < -0.3 is 14.8 Å². The first-order chi connectivity index (χ1) is 7.88. The lowest BCUT2D eigenvalue weighted by atomic mass is 9.85. The number of hydrogen-bond acceptors (Lipinski definition) is 7. The van der Waals surface area contributed by atoms with Crippen LogP contribution in [0.15, 0.2) is 0 Å². The van der Waals surface area contributed by atoms with Crippen molar-refractivity contribution in [2.75, 3.05) is 0 Å². The third kappa shape index (κ3) is 4.09. The maximum Gasteiger partial charge on any atom is 0.306 e. The molecule has 1 rings (SSSR count). The van der Waals surface area contributed by atoms with E-state index >= 15 is 0 Å². The van der Waals surface area contributed by atoms with E-state index in [0.29, 0.717) is 0 Å². The lowest BCUT2D eigenvalue weighted by Gasteiger charge is -2.29. The molecular formula is C7H10N2O8. The second kappa shape index (κ2) is 5.27. The predicted octanol–water partition coefficient (Wildman–Crippen LogP) is 0.0249. The molecule has 0 aromatic carbocycles. The van der Waals surface area contributed by atoms with Crippen molar-refractivity contribution in [1.29, 1.82) is 0 Å². The molecule has 0 heterocycles. The Bertz CT molecular complexity index is 308. The molecule has 1 saturated carbocycles. The van der Waals surface area contributed by atoms with Crippen LogP contribution in [0.1, 0.15) is 19.3 Å². The van der Waals surface area contributed by atoms with Crippen LogP contribution < -0.4 is 0 Å². The Kier molecular flexibility index (Phi) is 4.01. The number of rotatable bonds is 5. The number of hydrogen-bond donors (Lipinski definition) is 1. The zero-order chi connectivity index (χ0) is 13.0. The van der Waals surface area contributed by atoms with Crippen LogP contribution in [0.3, 0.4) is 0 Å². The SMILES string of the molecule is O=C(O)C1CC(O[N+](=O)[O-])CC(O[N+](=O)[O-])C1. The second-order valence-corrected chi connectivity index (χ2v) is 3.64. The molecule has 0 amide bonds. The smallest absolute Gasteiger partial charge is 0.306 e. The molecule has 1 N–H and O–H groups in total. The molecule has 10 heteroatoms. The van der Waals surface area contributed by atoms with Gasteiger partial charge in [0.2, 0.25) is 0 Å². The second-order valence-electron chi connectivity index (χ2n) is 3.64. The average molecular weight is 250 g/mol. The van der Waals surface area contributed by atoms with Gasteiger partial charge in [0.1, 0.15) is 12.2 Å². The molecule has 0 aliphatic heterocycles. The summed E-state index contributed by atoms with van der Waals surface area (Å²) in [5.74, 6) is -2.13. The van der Waals surface area contributed by atoms with Gasteiger partial charge in [-0.1, -0.05) is 0 Å². The molecular weight excluding hydrogens is 240 g/mol. The van der Waals surface area contributed by atoms with Gasteiger partial charge in [-0.3, -0.25) is 4.79 Å². The van der Waals surface area contributed by atoms with Gasteiger partial charge in [-0.15, -0.1) is 20.2 Å². The minimum atomic E-state index is -1.18. The summed E-state index contributed by atoms with van der Waals surface area (Å²) in [5.41, 5.74) is 0. The highest BCUT2D eigenvalue weighted by molar-refractivity contribution is 5.70. The predicted molar refractivity (Wildman–Crippen MR) is 48.7 cm³/mol. The van der Waals surface area contributed by atoms with E-state index in [1.54, 1.807) is 0 Å². The van der Waals surface area contributed by atoms with E-state index in [9.17, 15) is 25.0 Å². The largest absolute Gasteiger partial charge is 0.481 e. The van der Waals surface area contributed by atoms with Crippen molar-refractivity contribution in [3.63, 3.8) is 0 Å². The van der Waals surface area contributed by atoms with Crippen LogP contribution in [0.2, 0.25) is 0 Å². The van der Waals surface area contributed by atoms with Crippen LogP contribution >= 0.6 is 0 Å². The minimum absolute atomic E-state index is 0.0616. The molecule has 0 aromatic rings. The molecule has 2 atom stereocenters. The number of carboxylic acid groups (broad SMARTS) is 1. The minimum Gasteiger partial charge on any atom is -0.481 e. The third-order valence-electron chi connectivity index (χ3n) is 2.44. The summed E-state index contributed by atoms with van der Waals surface area (Å²) < 4.78 is 0. The zero-order valence-electron chi connectivity index (χ0n) is 8.55. The summed E-state index contributed by atoms with van der Waals surface area (Å²) in [7, 11) is 0. The maximum absolute atomic E-state index is 10.8. The van der Waals surface area contributed by atoms with Crippen molar-refractivity contribution in [3.8, 4) is 0 Å². The lowest BCUT2D eigenvalue weighted by molar-refractivity contribution is -0.781. The van der Waals surface area contributed by atoms with Gasteiger partial charge in [0, 0.05) is 6.42 Å². The van der Waals surface area contributed by atoms with E-state index in [1.165, 1.54) is 0 Å². The van der Waals surface area contributed by atoms with Crippen molar-refractivity contribution in [3.05, 3.63) is 20.2 Å². The Hall–Kier alpha value is -2.13. The maximum atomic E-state index is 10.8. The van der Waals surface area contributed by atoms with Crippen LogP contribution in [-0.2, 0) is 14.5 Å². The van der Waals surface area contributed by atoms with Crippen LogP contribution in [0.4, 0.5) is 0 Å². The van der Waals surface area contributed by atoms with Crippen molar-refractivity contribution < 1.29 is 29.7 Å². The molecule has 1 fully saturated rings. The summed E-state index contributed by atoms with van der Waals surface area (Å²) >= 11 is 0. The first kappa shape index (κ1) is 12.9. The van der Waals surface area contributed by atoms with Gasteiger partial charge >= 0.3 is 5.97 Å². The molecule has 17 heavy (non-hydrogen) atoms. The van der Waals surface area contributed by atoms with E-state index in [-0.39, 0.29) is 19.3 Å². The quantitative estimate of drug-likeness (QED) is 0.531. The molecule has 1 aliphatic carbocycles. The molecule has 2 unspecified atom stereocenters. The van der Waals surface area contributed by atoms with E-state index in [2.05, 4.69) is 9.68 Å². The fraction of sp³-hybridized carbons (Fsp3) is 0.857. The van der Waals surface area contributed by atoms with Gasteiger partial charge in [0.15, 0.2) is 0 Å². The summed E-state index contributed by atoms with van der Waals surface area (Å²) in [4.78, 5) is 39.5. The Labute approximate surface area is 94.3 Å². The Morgan fingerprint density at radius 1 is 1.06 bits per heavy atom. The molecule has 0 saturated heterocycles. The van der Waals surface area contributed by atoms with Crippen LogP contribution in [0.25, 0.3) is 0 Å². The number of aliphatic carboxylic acids is 1. The number of carboxylic acids is 1. The summed E-state index contributed by atoms with van der Waals surface area (Å²) in [6.07, 6.45) is -2.19. The standard InChI is InChI=1S/C7H10N2O8/c10-7(11)4-1-5(16-8(12)13)3-6(2-4)17-9(14)15/h4-6H,1-3H2,(H,10,11). The lowest BCUT2D eigenvalue weighted by Crippen LogP contribution is -2.38. The molecule has 0 aromatic heterocycles. The fourth-order valence-corrected chi connectivity index (χ4v) is 1.83.